The highest BCUT2D eigenvalue weighted by Crippen LogP contribution is 2.10. The Kier molecular flexibility index (Phi) is 7.93. The third-order valence-corrected chi connectivity index (χ3v) is 3.18. The lowest BCUT2D eigenvalue weighted by Gasteiger charge is -2.08. The average Bonchev–Trinajstić information content (AvgIpc) is 2.38. The van der Waals surface area contributed by atoms with Gasteiger partial charge in [0, 0.05) is 11.8 Å². The first-order valence-electron chi connectivity index (χ1n) is 6.37. The molecule has 0 aliphatic heterocycles. The number of nitrogens with two attached hydrogens (primary N) is 1. The summed E-state index contributed by atoms with van der Waals surface area (Å²) in [6, 6.07) is 10.2. The van der Waals surface area contributed by atoms with Crippen molar-refractivity contribution >= 4 is 12.6 Å². The molecule has 3 heteroatoms. The summed E-state index contributed by atoms with van der Waals surface area (Å²) in [6.07, 6.45) is 5.85. The molecular formula is C14H23NOS. The van der Waals surface area contributed by atoms with E-state index >= 15 is 0 Å². The van der Waals surface area contributed by atoms with Gasteiger partial charge in [0.2, 0.25) is 0 Å². The van der Waals surface area contributed by atoms with Crippen molar-refractivity contribution in [2.75, 3.05) is 12.4 Å². The highest BCUT2D eigenvalue weighted by molar-refractivity contribution is 7.80. The summed E-state index contributed by atoms with van der Waals surface area (Å²) in [4.78, 5) is 0. The minimum Gasteiger partial charge on any atom is -0.494 e. The molecule has 0 aliphatic carbocycles. The van der Waals surface area contributed by atoms with Crippen LogP contribution in [0.2, 0.25) is 0 Å². The van der Waals surface area contributed by atoms with Crippen molar-refractivity contribution in [2.24, 2.45) is 5.73 Å². The van der Waals surface area contributed by atoms with Crippen LogP contribution in [0.15, 0.2) is 30.3 Å². The second kappa shape index (κ2) is 9.37. The van der Waals surface area contributed by atoms with Gasteiger partial charge in [-0.1, -0.05) is 37.5 Å². The van der Waals surface area contributed by atoms with E-state index in [-0.39, 0.29) is 6.04 Å². The number of hydrogen-bond donors (Lipinski definition) is 2. The standard InChI is InChI=1S/C14H23NOS/c15-13(12-17)8-4-1-2-7-11-16-14-9-5-3-6-10-14/h3,5-6,9-10,13,17H,1-2,4,7-8,11-12,15H2. The first-order valence-corrected chi connectivity index (χ1v) is 7.00. The molecule has 1 unspecified atom stereocenters. The molecule has 17 heavy (non-hydrogen) atoms. The number of hydrogen-bond acceptors (Lipinski definition) is 3. The Morgan fingerprint density at radius 1 is 1.06 bits per heavy atom. The van der Waals surface area contributed by atoms with E-state index in [9.17, 15) is 0 Å². The van der Waals surface area contributed by atoms with E-state index in [2.05, 4.69) is 12.6 Å². The van der Waals surface area contributed by atoms with Gasteiger partial charge >= 0.3 is 0 Å². The van der Waals surface area contributed by atoms with E-state index in [1.165, 1.54) is 19.3 Å². The van der Waals surface area contributed by atoms with Gasteiger partial charge in [0.15, 0.2) is 0 Å². The molecule has 96 valence electrons. The Balaban J connectivity index is 1.91. The number of ether oxygens (including phenoxy) is 1. The van der Waals surface area contributed by atoms with Crippen LogP contribution in [0.25, 0.3) is 0 Å². The van der Waals surface area contributed by atoms with E-state index in [4.69, 9.17) is 10.5 Å². The minimum absolute atomic E-state index is 0.263. The van der Waals surface area contributed by atoms with Crippen molar-refractivity contribution in [1.82, 2.24) is 0 Å². The van der Waals surface area contributed by atoms with E-state index in [1.807, 2.05) is 30.3 Å². The van der Waals surface area contributed by atoms with Crippen LogP contribution in [0.4, 0.5) is 0 Å². The van der Waals surface area contributed by atoms with Crippen LogP contribution >= 0.6 is 12.6 Å². The minimum atomic E-state index is 0.263. The number of thiol groups is 1. The second-order valence-electron chi connectivity index (χ2n) is 4.31. The third-order valence-electron chi connectivity index (χ3n) is 2.72. The smallest absolute Gasteiger partial charge is 0.119 e. The van der Waals surface area contributed by atoms with Gasteiger partial charge in [0.1, 0.15) is 5.75 Å². The van der Waals surface area contributed by atoms with Gasteiger partial charge in [0.25, 0.3) is 0 Å². The van der Waals surface area contributed by atoms with Crippen molar-refractivity contribution in [3.8, 4) is 5.75 Å². The summed E-state index contributed by atoms with van der Waals surface area (Å²) >= 11 is 4.17. The Morgan fingerprint density at radius 3 is 2.47 bits per heavy atom. The summed E-state index contributed by atoms with van der Waals surface area (Å²) in [5, 5.41) is 0. The van der Waals surface area contributed by atoms with Crippen LogP contribution in [-0.2, 0) is 0 Å². The highest BCUT2D eigenvalue weighted by atomic mass is 32.1. The predicted octanol–water partition coefficient (Wildman–Crippen LogP) is 3.27. The van der Waals surface area contributed by atoms with Crippen LogP contribution in [0, 0.1) is 0 Å². The van der Waals surface area contributed by atoms with Crippen molar-refractivity contribution in [3.63, 3.8) is 0 Å². The van der Waals surface area contributed by atoms with Crippen molar-refractivity contribution < 1.29 is 4.74 Å². The molecule has 0 saturated heterocycles. The van der Waals surface area contributed by atoms with Gasteiger partial charge in [-0.2, -0.15) is 12.6 Å². The average molecular weight is 253 g/mol. The van der Waals surface area contributed by atoms with Gasteiger partial charge in [-0.3, -0.25) is 0 Å². The monoisotopic (exact) mass is 253 g/mol. The zero-order valence-corrected chi connectivity index (χ0v) is 11.2. The lowest BCUT2D eigenvalue weighted by molar-refractivity contribution is 0.304. The van der Waals surface area contributed by atoms with Crippen molar-refractivity contribution in [3.05, 3.63) is 30.3 Å². The summed E-state index contributed by atoms with van der Waals surface area (Å²) in [5.41, 5.74) is 5.79. The van der Waals surface area contributed by atoms with Crippen LogP contribution in [-0.4, -0.2) is 18.4 Å². The SMILES string of the molecule is NC(CS)CCCCCCOc1ccccc1. The van der Waals surface area contributed by atoms with E-state index in [0.717, 1.165) is 31.0 Å². The Morgan fingerprint density at radius 2 is 1.76 bits per heavy atom. The lowest BCUT2D eigenvalue weighted by Crippen LogP contribution is -2.21. The maximum atomic E-state index is 5.79. The number of para-hydroxylation sites is 1. The molecule has 0 aliphatic rings. The van der Waals surface area contributed by atoms with Crippen LogP contribution < -0.4 is 10.5 Å². The molecule has 2 nitrogen and oxygen atoms in total. The summed E-state index contributed by atoms with van der Waals surface area (Å²) < 4.78 is 5.62. The number of rotatable bonds is 9. The zero-order chi connectivity index (χ0) is 12.3. The molecule has 0 amide bonds. The zero-order valence-electron chi connectivity index (χ0n) is 10.3. The van der Waals surface area contributed by atoms with E-state index in [0.29, 0.717) is 0 Å². The largest absolute Gasteiger partial charge is 0.494 e. The molecule has 0 saturated carbocycles. The molecule has 0 fully saturated rings. The first-order chi connectivity index (χ1) is 8.33. The van der Waals surface area contributed by atoms with Gasteiger partial charge in [-0.15, -0.1) is 0 Å². The molecule has 0 heterocycles. The Bertz CT molecular complexity index is 279. The van der Waals surface area contributed by atoms with Crippen LogP contribution in [0.1, 0.15) is 32.1 Å². The topological polar surface area (TPSA) is 35.2 Å². The summed E-state index contributed by atoms with van der Waals surface area (Å²) in [5.74, 6) is 1.75. The molecule has 0 spiro atoms. The summed E-state index contributed by atoms with van der Waals surface area (Å²) in [7, 11) is 0. The molecule has 1 aromatic carbocycles. The second-order valence-corrected chi connectivity index (χ2v) is 4.67. The maximum Gasteiger partial charge on any atom is 0.119 e. The van der Waals surface area contributed by atoms with Gasteiger partial charge in [-0.05, 0) is 25.0 Å². The molecule has 1 atom stereocenters. The highest BCUT2D eigenvalue weighted by Gasteiger charge is 1.98. The first kappa shape index (κ1) is 14.4. The molecule has 1 rings (SSSR count). The molecule has 2 N–H and O–H groups in total. The van der Waals surface area contributed by atoms with Crippen molar-refractivity contribution in [2.45, 2.75) is 38.1 Å². The molecule has 1 aromatic rings. The van der Waals surface area contributed by atoms with Crippen molar-refractivity contribution in [1.29, 1.82) is 0 Å². The normalized spacial score (nSPS) is 12.4. The van der Waals surface area contributed by atoms with E-state index < -0.39 is 0 Å². The van der Waals surface area contributed by atoms with E-state index in [1.54, 1.807) is 0 Å². The fourth-order valence-corrected chi connectivity index (χ4v) is 1.84. The Labute approximate surface area is 110 Å². The number of unbranched alkanes of at least 4 members (excludes halogenated alkanes) is 3. The molecule has 0 aromatic heterocycles. The van der Waals surface area contributed by atoms with Gasteiger partial charge < -0.3 is 10.5 Å². The molecular weight excluding hydrogens is 230 g/mol. The maximum absolute atomic E-state index is 5.79. The molecule has 0 bridgehead atoms. The fourth-order valence-electron chi connectivity index (χ4n) is 1.66. The molecule has 0 radical (unpaired) electrons. The fraction of sp³-hybridized carbons (Fsp3) is 0.571. The van der Waals surface area contributed by atoms with Gasteiger partial charge in [-0.25, -0.2) is 0 Å². The number of benzene rings is 1. The Hall–Kier alpha value is -0.670. The lowest BCUT2D eigenvalue weighted by atomic mass is 10.1. The van der Waals surface area contributed by atoms with Crippen LogP contribution in [0.5, 0.6) is 5.75 Å². The third kappa shape index (κ3) is 7.29. The van der Waals surface area contributed by atoms with Gasteiger partial charge in [0.05, 0.1) is 6.61 Å². The quantitative estimate of drug-likeness (QED) is 0.523. The predicted molar refractivity (Wildman–Crippen MR) is 76.9 cm³/mol. The summed E-state index contributed by atoms with van der Waals surface area (Å²) in [6.45, 7) is 0.808. The van der Waals surface area contributed by atoms with Crippen LogP contribution in [0.3, 0.4) is 0 Å².